The Kier molecular flexibility index (Phi) is 4.42. The van der Waals surface area contributed by atoms with Crippen molar-refractivity contribution in [2.75, 3.05) is 38.4 Å². The number of nitrogens with two attached hydrogens (primary N) is 1. The van der Waals surface area contributed by atoms with Crippen molar-refractivity contribution in [3.05, 3.63) is 23.8 Å². The summed E-state index contributed by atoms with van der Waals surface area (Å²) in [5, 5.41) is 9.31. The molecule has 1 amide bonds. The van der Waals surface area contributed by atoms with Crippen LogP contribution in [0.1, 0.15) is 24.2 Å². The van der Waals surface area contributed by atoms with Gasteiger partial charge in [-0.15, -0.1) is 0 Å². The molecule has 0 heterocycles. The van der Waals surface area contributed by atoms with E-state index >= 15 is 0 Å². The second-order valence-electron chi connectivity index (χ2n) is 5.50. The Morgan fingerprint density at radius 3 is 2.32 bits per heavy atom. The fraction of sp³-hybridized carbons (Fsp3) is 0.500. The number of carbonyl (C=O) groups excluding carboxylic acids is 1. The van der Waals surface area contributed by atoms with Gasteiger partial charge in [-0.25, -0.2) is 0 Å². The molecule has 0 spiro atoms. The normalized spacial score (nSPS) is 11.3. The summed E-state index contributed by atoms with van der Waals surface area (Å²) < 4.78 is 0. The van der Waals surface area contributed by atoms with Crippen LogP contribution >= 0.6 is 0 Å². The Labute approximate surface area is 114 Å². The molecule has 0 bridgehead atoms. The van der Waals surface area contributed by atoms with Crippen molar-refractivity contribution in [2.24, 2.45) is 0 Å². The average molecular weight is 265 g/mol. The monoisotopic (exact) mass is 265 g/mol. The van der Waals surface area contributed by atoms with Crippen molar-refractivity contribution in [2.45, 2.75) is 19.4 Å². The van der Waals surface area contributed by atoms with Crippen LogP contribution in [0.15, 0.2) is 18.2 Å². The molecule has 5 heteroatoms. The first-order chi connectivity index (χ1) is 8.70. The molecule has 1 aromatic carbocycles. The zero-order valence-corrected chi connectivity index (χ0v) is 12.3. The number of amides is 1. The minimum atomic E-state index is -0.605. The number of aliphatic hydroxyl groups is 1. The number of anilines is 2. The molecule has 0 saturated heterocycles. The fourth-order valence-electron chi connectivity index (χ4n) is 1.67. The summed E-state index contributed by atoms with van der Waals surface area (Å²) in [6, 6.07) is 5.24. The van der Waals surface area contributed by atoms with E-state index in [-0.39, 0.29) is 12.5 Å². The van der Waals surface area contributed by atoms with Crippen molar-refractivity contribution >= 4 is 17.3 Å². The third kappa shape index (κ3) is 3.17. The molecule has 0 aliphatic heterocycles. The Morgan fingerprint density at radius 1 is 1.32 bits per heavy atom. The van der Waals surface area contributed by atoms with Crippen LogP contribution in [0.4, 0.5) is 11.4 Å². The molecule has 0 aliphatic rings. The Morgan fingerprint density at radius 2 is 1.89 bits per heavy atom. The topological polar surface area (TPSA) is 69.8 Å². The lowest BCUT2D eigenvalue weighted by Gasteiger charge is -2.34. The van der Waals surface area contributed by atoms with Crippen LogP contribution in [0.5, 0.6) is 0 Å². The van der Waals surface area contributed by atoms with Gasteiger partial charge in [0, 0.05) is 26.7 Å². The van der Waals surface area contributed by atoms with E-state index in [2.05, 4.69) is 0 Å². The molecular formula is C14H23N3O2. The van der Waals surface area contributed by atoms with Gasteiger partial charge in [0.05, 0.1) is 23.5 Å². The highest BCUT2D eigenvalue weighted by molar-refractivity contribution is 5.96. The molecule has 0 aliphatic carbocycles. The number of nitrogens with zero attached hydrogens (tertiary/aromatic N) is 2. The van der Waals surface area contributed by atoms with E-state index in [4.69, 9.17) is 5.73 Å². The highest BCUT2D eigenvalue weighted by Gasteiger charge is 2.27. The lowest BCUT2D eigenvalue weighted by Crippen LogP contribution is -2.47. The number of carbonyl (C=O) groups is 1. The first-order valence-corrected chi connectivity index (χ1v) is 6.16. The van der Waals surface area contributed by atoms with Gasteiger partial charge in [0.15, 0.2) is 0 Å². The van der Waals surface area contributed by atoms with E-state index in [1.54, 1.807) is 19.2 Å². The summed E-state index contributed by atoms with van der Waals surface area (Å²) >= 11 is 0. The quantitative estimate of drug-likeness (QED) is 0.802. The first kappa shape index (κ1) is 15.3. The molecule has 0 fully saturated rings. The average Bonchev–Trinajstić information content (AvgIpc) is 2.36. The van der Waals surface area contributed by atoms with Crippen LogP contribution in [0.3, 0.4) is 0 Å². The summed E-state index contributed by atoms with van der Waals surface area (Å²) in [6.45, 7) is 3.52. The Bertz CT molecular complexity index is 470. The molecule has 3 N–H and O–H groups in total. The summed E-state index contributed by atoms with van der Waals surface area (Å²) in [7, 11) is 5.47. The van der Waals surface area contributed by atoms with E-state index in [1.807, 2.05) is 38.9 Å². The van der Waals surface area contributed by atoms with Gasteiger partial charge < -0.3 is 20.6 Å². The predicted molar refractivity (Wildman–Crippen MR) is 78.4 cm³/mol. The van der Waals surface area contributed by atoms with Crippen molar-refractivity contribution < 1.29 is 9.90 Å². The molecule has 1 rings (SSSR count). The van der Waals surface area contributed by atoms with Crippen LogP contribution in [0, 0.1) is 0 Å². The summed E-state index contributed by atoms with van der Waals surface area (Å²) in [5.41, 5.74) is 7.29. The molecule has 19 heavy (non-hydrogen) atoms. The van der Waals surface area contributed by atoms with Gasteiger partial charge in [-0.3, -0.25) is 4.79 Å². The fourth-order valence-corrected chi connectivity index (χ4v) is 1.67. The van der Waals surface area contributed by atoms with E-state index in [0.29, 0.717) is 11.3 Å². The van der Waals surface area contributed by atoms with Crippen molar-refractivity contribution in [1.82, 2.24) is 4.90 Å². The summed E-state index contributed by atoms with van der Waals surface area (Å²) in [4.78, 5) is 15.7. The minimum Gasteiger partial charge on any atom is -0.397 e. The van der Waals surface area contributed by atoms with Gasteiger partial charge in [-0.05, 0) is 32.0 Å². The molecular weight excluding hydrogens is 242 g/mol. The van der Waals surface area contributed by atoms with Crippen LogP contribution < -0.4 is 10.6 Å². The highest BCUT2D eigenvalue weighted by Crippen LogP contribution is 2.24. The molecule has 1 aromatic rings. The number of nitrogen functional groups attached to an aromatic ring is 1. The third-order valence-electron chi connectivity index (χ3n) is 3.36. The number of benzene rings is 1. The molecule has 0 atom stereocenters. The number of rotatable bonds is 4. The smallest absolute Gasteiger partial charge is 0.254 e. The second-order valence-corrected chi connectivity index (χ2v) is 5.50. The maximum Gasteiger partial charge on any atom is 0.254 e. The van der Waals surface area contributed by atoms with Crippen LogP contribution in [0.25, 0.3) is 0 Å². The summed E-state index contributed by atoms with van der Waals surface area (Å²) in [6.07, 6.45) is 0. The van der Waals surface area contributed by atoms with Gasteiger partial charge in [0.2, 0.25) is 0 Å². The van der Waals surface area contributed by atoms with Crippen molar-refractivity contribution in [1.29, 1.82) is 0 Å². The van der Waals surface area contributed by atoms with Gasteiger partial charge >= 0.3 is 0 Å². The molecule has 5 nitrogen and oxygen atoms in total. The standard InChI is InChI=1S/C14H23N3O2/c1-14(2,9-18)17(5)13(19)10-6-7-12(16(3)4)11(15)8-10/h6-8,18H,9,15H2,1-5H3. The molecule has 0 radical (unpaired) electrons. The van der Waals surface area contributed by atoms with E-state index in [0.717, 1.165) is 5.69 Å². The van der Waals surface area contributed by atoms with Crippen LogP contribution in [0.2, 0.25) is 0 Å². The number of hydrogen-bond acceptors (Lipinski definition) is 4. The zero-order chi connectivity index (χ0) is 14.8. The molecule has 106 valence electrons. The number of likely N-dealkylation sites (N-methyl/N-ethyl adjacent to an activating group) is 1. The highest BCUT2D eigenvalue weighted by atomic mass is 16.3. The maximum absolute atomic E-state index is 12.3. The van der Waals surface area contributed by atoms with E-state index < -0.39 is 5.54 Å². The van der Waals surface area contributed by atoms with Crippen LogP contribution in [-0.4, -0.2) is 49.2 Å². The van der Waals surface area contributed by atoms with Crippen molar-refractivity contribution in [3.8, 4) is 0 Å². The van der Waals surface area contributed by atoms with Crippen LogP contribution in [-0.2, 0) is 0 Å². The van der Waals surface area contributed by atoms with E-state index in [9.17, 15) is 9.90 Å². The first-order valence-electron chi connectivity index (χ1n) is 6.16. The van der Waals surface area contributed by atoms with Gasteiger partial charge in [-0.2, -0.15) is 0 Å². The number of aliphatic hydroxyl groups excluding tert-OH is 1. The third-order valence-corrected chi connectivity index (χ3v) is 3.36. The number of hydrogen-bond donors (Lipinski definition) is 2. The Hall–Kier alpha value is -1.75. The molecule has 0 unspecified atom stereocenters. The molecule has 0 aromatic heterocycles. The van der Waals surface area contributed by atoms with Gasteiger partial charge in [-0.1, -0.05) is 0 Å². The maximum atomic E-state index is 12.3. The van der Waals surface area contributed by atoms with Gasteiger partial charge in [0.1, 0.15) is 0 Å². The zero-order valence-electron chi connectivity index (χ0n) is 12.3. The lowest BCUT2D eigenvalue weighted by molar-refractivity contribution is 0.0473. The SMILES string of the molecule is CN(C)c1ccc(C(=O)N(C)C(C)(C)CO)cc1N. The second kappa shape index (κ2) is 5.48. The lowest BCUT2D eigenvalue weighted by atomic mass is 10.0. The Balaban J connectivity index is 3.05. The largest absolute Gasteiger partial charge is 0.397 e. The van der Waals surface area contributed by atoms with Crippen molar-refractivity contribution in [3.63, 3.8) is 0 Å². The minimum absolute atomic E-state index is 0.0967. The predicted octanol–water partition coefficient (Wildman–Crippen LogP) is 1.18. The summed E-state index contributed by atoms with van der Waals surface area (Å²) in [5.74, 6) is -0.156. The molecule has 0 saturated carbocycles. The van der Waals surface area contributed by atoms with E-state index in [1.165, 1.54) is 4.90 Å². The van der Waals surface area contributed by atoms with Gasteiger partial charge in [0.25, 0.3) is 5.91 Å².